The molecule has 4 rings (SSSR count). The van der Waals surface area contributed by atoms with Crippen LogP contribution in [-0.4, -0.2) is 41.4 Å². The normalized spacial score (nSPS) is 12.2. The molecule has 2 atom stereocenters. The Bertz CT molecular complexity index is 1470. The average Bonchev–Trinajstić information content (AvgIpc) is 3.32. The second-order valence-electron chi connectivity index (χ2n) is 9.05. The lowest BCUT2D eigenvalue weighted by Gasteiger charge is -2.15. The minimum Gasteiger partial charge on any atom is -0.497 e. The van der Waals surface area contributed by atoms with E-state index in [2.05, 4.69) is 15.8 Å². The number of ether oxygens (including phenoxy) is 2. The van der Waals surface area contributed by atoms with E-state index in [0.29, 0.717) is 22.7 Å². The van der Waals surface area contributed by atoms with Gasteiger partial charge in [-0.3, -0.25) is 10.1 Å². The number of hydrogen-bond acceptors (Lipinski definition) is 7. The van der Waals surface area contributed by atoms with E-state index in [1.807, 2.05) is 30.3 Å². The highest BCUT2D eigenvalue weighted by Crippen LogP contribution is 2.31. The van der Waals surface area contributed by atoms with Crippen molar-refractivity contribution in [3.8, 4) is 17.1 Å². The number of amides is 2. The largest absolute Gasteiger partial charge is 0.497 e. The van der Waals surface area contributed by atoms with E-state index in [1.165, 1.54) is 12.1 Å². The Morgan fingerprint density at radius 3 is 2.27 bits per heavy atom. The van der Waals surface area contributed by atoms with Crippen molar-refractivity contribution in [3.63, 3.8) is 0 Å². The number of rotatable bonds is 10. The van der Waals surface area contributed by atoms with Crippen molar-refractivity contribution in [2.75, 3.05) is 12.4 Å². The Hall–Kier alpha value is -5.12. The number of aromatic nitrogens is 1. The van der Waals surface area contributed by atoms with Crippen LogP contribution in [0.25, 0.3) is 11.3 Å². The Kier molecular flexibility index (Phi) is 8.80. The summed E-state index contributed by atoms with van der Waals surface area (Å²) in [7, 11) is 1.54. The van der Waals surface area contributed by atoms with Gasteiger partial charge in [-0.05, 0) is 49.2 Å². The number of nitrogens with zero attached hydrogens (tertiary/aromatic N) is 1. The molecular formula is C30H29N3O7. The van der Waals surface area contributed by atoms with Gasteiger partial charge in [0.15, 0.2) is 5.76 Å². The van der Waals surface area contributed by atoms with Crippen molar-refractivity contribution in [1.29, 1.82) is 0 Å². The van der Waals surface area contributed by atoms with Crippen LogP contribution in [0.3, 0.4) is 0 Å². The molecule has 1 heterocycles. The molecular weight excluding hydrogens is 514 g/mol. The van der Waals surface area contributed by atoms with Gasteiger partial charge in [0.05, 0.1) is 7.11 Å². The zero-order chi connectivity index (χ0) is 28.6. The fraction of sp³-hybridized carbons (Fsp3) is 0.200. The Morgan fingerprint density at radius 1 is 0.975 bits per heavy atom. The van der Waals surface area contributed by atoms with Crippen LogP contribution in [0.2, 0.25) is 0 Å². The molecule has 0 aliphatic carbocycles. The molecule has 10 nitrogen and oxygen atoms in total. The number of methoxy groups -OCH3 is 1. The predicted octanol–water partition coefficient (Wildman–Crippen LogP) is 5.39. The molecule has 3 N–H and O–H groups in total. The molecule has 3 aromatic carbocycles. The number of benzene rings is 3. The molecule has 0 radical (unpaired) electrons. The number of carbonyl (C=O) groups is 3. The Labute approximate surface area is 230 Å². The molecule has 1 aromatic heterocycles. The molecule has 2 unspecified atom stereocenters. The van der Waals surface area contributed by atoms with Gasteiger partial charge < -0.3 is 24.4 Å². The number of aryl methyl sites for hydroxylation is 1. The molecule has 0 saturated heterocycles. The zero-order valence-corrected chi connectivity index (χ0v) is 22.2. The molecule has 40 heavy (non-hydrogen) atoms. The molecule has 0 bridgehead atoms. The Balaban J connectivity index is 1.42. The van der Waals surface area contributed by atoms with Crippen molar-refractivity contribution in [1.82, 2.24) is 10.5 Å². The summed E-state index contributed by atoms with van der Waals surface area (Å²) >= 11 is 0. The summed E-state index contributed by atoms with van der Waals surface area (Å²) in [5.74, 6) is -0.754. The number of carbonyl (C=O) groups excluding carboxylic acids is 2. The smallest absolute Gasteiger partial charge is 0.412 e. The zero-order valence-electron chi connectivity index (χ0n) is 22.2. The fourth-order valence-electron chi connectivity index (χ4n) is 4.01. The first-order chi connectivity index (χ1) is 19.2. The van der Waals surface area contributed by atoms with Crippen molar-refractivity contribution in [2.45, 2.75) is 32.4 Å². The topological polar surface area (TPSA) is 140 Å². The van der Waals surface area contributed by atoms with E-state index < -0.39 is 30.1 Å². The van der Waals surface area contributed by atoms with Gasteiger partial charge in [-0.1, -0.05) is 59.8 Å². The lowest BCUT2D eigenvalue weighted by atomic mass is 10.0. The molecule has 2 amide bonds. The molecule has 10 heteroatoms. The number of aliphatic carboxylic acids is 1. The standard InChI is InChI=1S/C30H29N3O7/c1-18-26(32-30(37)39-19(2)21-7-5-4-6-8-21)27(40-33-18)22-11-13-23(14-12-22)28(34)31-25(29(35)36)17-20-9-15-24(38-3)16-10-20/h4-16,19,25H,17H2,1-3H3,(H,31,34)(H,32,37)(H,35,36). The predicted molar refractivity (Wildman–Crippen MR) is 147 cm³/mol. The first-order valence-electron chi connectivity index (χ1n) is 12.5. The molecule has 0 aliphatic rings. The summed E-state index contributed by atoms with van der Waals surface area (Å²) in [6.07, 6.45) is -1.03. The second kappa shape index (κ2) is 12.6. The number of carboxylic acid groups (broad SMARTS) is 1. The van der Waals surface area contributed by atoms with Crippen LogP contribution in [0.15, 0.2) is 83.4 Å². The quantitative estimate of drug-likeness (QED) is 0.242. The van der Waals surface area contributed by atoms with Gasteiger partial charge in [0.25, 0.3) is 5.91 Å². The van der Waals surface area contributed by atoms with Gasteiger partial charge in [0.2, 0.25) is 0 Å². The van der Waals surface area contributed by atoms with E-state index in [1.54, 1.807) is 57.4 Å². The van der Waals surface area contributed by atoms with Gasteiger partial charge in [0, 0.05) is 17.5 Å². The first kappa shape index (κ1) is 27.9. The van der Waals surface area contributed by atoms with E-state index in [4.69, 9.17) is 14.0 Å². The number of hydrogen-bond donors (Lipinski definition) is 3. The van der Waals surface area contributed by atoms with Gasteiger partial charge >= 0.3 is 12.1 Å². The van der Waals surface area contributed by atoms with E-state index in [9.17, 15) is 19.5 Å². The number of carboxylic acids is 1. The second-order valence-corrected chi connectivity index (χ2v) is 9.05. The third kappa shape index (κ3) is 6.84. The third-order valence-electron chi connectivity index (χ3n) is 6.25. The van der Waals surface area contributed by atoms with Crippen molar-refractivity contribution < 1.29 is 33.5 Å². The Morgan fingerprint density at radius 2 is 1.65 bits per heavy atom. The first-order valence-corrected chi connectivity index (χ1v) is 12.5. The van der Waals surface area contributed by atoms with Crippen LogP contribution in [-0.2, 0) is 16.0 Å². The van der Waals surface area contributed by atoms with Crippen LogP contribution < -0.4 is 15.4 Å². The van der Waals surface area contributed by atoms with Crippen molar-refractivity contribution in [2.24, 2.45) is 0 Å². The summed E-state index contributed by atoms with van der Waals surface area (Å²) < 4.78 is 16.1. The van der Waals surface area contributed by atoms with Crippen molar-refractivity contribution >= 4 is 23.7 Å². The maximum atomic E-state index is 12.8. The number of nitrogens with one attached hydrogen (secondary N) is 2. The molecule has 0 fully saturated rings. The van der Waals surface area contributed by atoms with Crippen LogP contribution in [0.5, 0.6) is 5.75 Å². The third-order valence-corrected chi connectivity index (χ3v) is 6.25. The van der Waals surface area contributed by atoms with Gasteiger partial charge in [-0.25, -0.2) is 9.59 Å². The average molecular weight is 544 g/mol. The molecule has 206 valence electrons. The van der Waals surface area contributed by atoms with Crippen LogP contribution in [0.1, 0.15) is 40.2 Å². The highest BCUT2D eigenvalue weighted by atomic mass is 16.6. The summed E-state index contributed by atoms with van der Waals surface area (Å²) in [4.78, 5) is 37.2. The van der Waals surface area contributed by atoms with E-state index in [-0.39, 0.29) is 17.7 Å². The van der Waals surface area contributed by atoms with Crippen LogP contribution in [0, 0.1) is 6.92 Å². The minimum atomic E-state index is -1.15. The molecule has 0 spiro atoms. The van der Waals surface area contributed by atoms with E-state index >= 15 is 0 Å². The molecule has 0 saturated carbocycles. The van der Waals surface area contributed by atoms with Gasteiger partial charge in [-0.15, -0.1) is 0 Å². The summed E-state index contributed by atoms with van der Waals surface area (Å²) in [6.45, 7) is 3.45. The number of anilines is 1. The SMILES string of the molecule is COc1ccc(CC(NC(=O)c2ccc(-c3onc(C)c3NC(=O)OC(C)c3ccccc3)cc2)C(=O)O)cc1. The van der Waals surface area contributed by atoms with Gasteiger partial charge in [-0.2, -0.15) is 0 Å². The van der Waals surface area contributed by atoms with Crippen LogP contribution in [0.4, 0.5) is 10.5 Å². The van der Waals surface area contributed by atoms with Crippen molar-refractivity contribution in [3.05, 3.63) is 101 Å². The molecule has 0 aliphatic heterocycles. The monoisotopic (exact) mass is 543 g/mol. The lowest BCUT2D eigenvalue weighted by Crippen LogP contribution is -2.42. The summed E-state index contributed by atoms with van der Waals surface area (Å²) in [6, 6.07) is 21.5. The highest BCUT2D eigenvalue weighted by molar-refractivity contribution is 5.97. The maximum Gasteiger partial charge on any atom is 0.412 e. The maximum absolute atomic E-state index is 12.8. The molecule has 4 aromatic rings. The van der Waals surface area contributed by atoms with Gasteiger partial charge in [0.1, 0.15) is 29.3 Å². The highest BCUT2D eigenvalue weighted by Gasteiger charge is 2.23. The summed E-state index contributed by atoms with van der Waals surface area (Å²) in [5, 5.41) is 18.9. The summed E-state index contributed by atoms with van der Waals surface area (Å²) in [5.41, 5.74) is 3.18. The van der Waals surface area contributed by atoms with E-state index in [0.717, 1.165) is 11.1 Å². The van der Waals surface area contributed by atoms with Crippen LogP contribution >= 0.6 is 0 Å². The minimum absolute atomic E-state index is 0.106. The fourth-order valence-corrected chi connectivity index (χ4v) is 4.01. The lowest BCUT2D eigenvalue weighted by molar-refractivity contribution is -0.139.